The highest BCUT2D eigenvalue weighted by Gasteiger charge is 2.25. The van der Waals surface area contributed by atoms with Crippen LogP contribution in [0.4, 0.5) is 0 Å². The molecule has 0 radical (unpaired) electrons. The Morgan fingerprint density at radius 1 is 1.13 bits per heavy atom. The van der Waals surface area contributed by atoms with Crippen LogP contribution in [0.15, 0.2) is 0 Å². The molecule has 0 aromatic rings. The number of nitrogens with zero attached hydrogens (tertiary/aromatic N) is 1. The molecule has 0 heterocycles. The van der Waals surface area contributed by atoms with Crippen LogP contribution >= 0.6 is 0 Å². The van der Waals surface area contributed by atoms with Crippen molar-refractivity contribution in [3.63, 3.8) is 0 Å². The molecule has 0 spiro atoms. The lowest BCUT2D eigenvalue weighted by Gasteiger charge is -2.34. The molecule has 0 bridgehead atoms. The molecule has 0 aliphatic heterocycles. The van der Waals surface area contributed by atoms with Gasteiger partial charge in [0.15, 0.2) is 0 Å². The Bertz CT molecular complexity index is 140. The summed E-state index contributed by atoms with van der Waals surface area (Å²) < 4.78 is 0. The molecule has 15 heavy (non-hydrogen) atoms. The topological polar surface area (TPSA) is 41.3 Å². The van der Waals surface area contributed by atoms with Gasteiger partial charge in [-0.2, -0.15) is 0 Å². The van der Waals surface area contributed by atoms with Crippen LogP contribution in [0.25, 0.3) is 0 Å². The Labute approximate surface area is 95.4 Å². The molecule has 0 unspecified atom stereocenters. The lowest BCUT2D eigenvalue weighted by molar-refractivity contribution is 0.267. The first-order valence-corrected chi connectivity index (χ1v) is 6.20. The molecular formula is C12H29N3. The summed E-state index contributed by atoms with van der Waals surface area (Å²) in [4.78, 5) is 2.20. The molecule has 0 saturated carbocycles. The van der Waals surface area contributed by atoms with Gasteiger partial charge in [0, 0.05) is 25.2 Å². The minimum atomic E-state index is 0.180. The zero-order valence-corrected chi connectivity index (χ0v) is 11.0. The van der Waals surface area contributed by atoms with Crippen LogP contribution in [0, 0.1) is 0 Å². The van der Waals surface area contributed by atoms with Crippen molar-refractivity contribution >= 4 is 0 Å². The van der Waals surface area contributed by atoms with E-state index in [1.807, 2.05) is 0 Å². The first-order valence-electron chi connectivity index (χ1n) is 6.20. The van der Waals surface area contributed by atoms with Crippen LogP contribution < -0.4 is 11.1 Å². The van der Waals surface area contributed by atoms with E-state index in [1.54, 1.807) is 0 Å². The Hall–Kier alpha value is -0.120. The first kappa shape index (κ1) is 14.9. The van der Waals surface area contributed by atoms with E-state index in [-0.39, 0.29) is 5.54 Å². The molecule has 0 fully saturated rings. The van der Waals surface area contributed by atoms with Crippen molar-refractivity contribution < 1.29 is 0 Å². The van der Waals surface area contributed by atoms with Crippen LogP contribution in [0.3, 0.4) is 0 Å². The maximum Gasteiger partial charge on any atom is 0.0304 e. The number of likely N-dealkylation sites (N-methyl/N-ethyl adjacent to an activating group) is 1. The third kappa shape index (κ3) is 6.13. The predicted octanol–water partition coefficient (Wildman–Crippen LogP) is 1.44. The number of hydrogen-bond donors (Lipinski definition) is 2. The lowest BCUT2D eigenvalue weighted by atomic mass is 9.88. The second kappa shape index (κ2) is 8.08. The van der Waals surface area contributed by atoms with Crippen LogP contribution in [0.5, 0.6) is 0 Å². The second-order valence-electron chi connectivity index (χ2n) is 4.71. The van der Waals surface area contributed by atoms with Crippen molar-refractivity contribution in [3.05, 3.63) is 0 Å². The van der Waals surface area contributed by atoms with Crippen molar-refractivity contribution in [1.82, 2.24) is 10.2 Å². The maximum absolute atomic E-state index is 5.92. The SMILES string of the molecule is CCCC(CN)(CCC)NCCN(C)C. The maximum atomic E-state index is 5.92. The zero-order valence-electron chi connectivity index (χ0n) is 11.0. The van der Waals surface area contributed by atoms with Gasteiger partial charge in [-0.1, -0.05) is 26.7 Å². The molecule has 3 heteroatoms. The van der Waals surface area contributed by atoms with E-state index in [2.05, 4.69) is 38.2 Å². The standard InChI is InChI=1S/C12H29N3/c1-5-7-12(11-13,8-6-2)14-9-10-15(3)4/h14H,5-11,13H2,1-4H3. The molecule has 0 aromatic carbocycles. The van der Waals surface area contributed by atoms with Gasteiger partial charge in [0.1, 0.15) is 0 Å². The normalized spacial score (nSPS) is 12.4. The van der Waals surface area contributed by atoms with Gasteiger partial charge >= 0.3 is 0 Å². The summed E-state index contributed by atoms with van der Waals surface area (Å²) in [6.07, 6.45) is 4.77. The van der Waals surface area contributed by atoms with Gasteiger partial charge in [-0.05, 0) is 26.9 Å². The zero-order chi connectivity index (χ0) is 11.7. The average Bonchev–Trinajstić information content (AvgIpc) is 2.17. The summed E-state index contributed by atoms with van der Waals surface area (Å²) in [7, 11) is 4.21. The van der Waals surface area contributed by atoms with Crippen LogP contribution in [0.2, 0.25) is 0 Å². The molecule has 0 rings (SSSR count). The largest absolute Gasteiger partial charge is 0.329 e. The van der Waals surface area contributed by atoms with Gasteiger partial charge in [0.25, 0.3) is 0 Å². The monoisotopic (exact) mass is 215 g/mol. The summed E-state index contributed by atoms with van der Waals surface area (Å²) in [5.41, 5.74) is 6.10. The lowest BCUT2D eigenvalue weighted by Crippen LogP contribution is -2.52. The van der Waals surface area contributed by atoms with Gasteiger partial charge in [-0.3, -0.25) is 0 Å². The van der Waals surface area contributed by atoms with Crippen molar-refractivity contribution in [3.8, 4) is 0 Å². The molecule has 0 aliphatic rings. The Kier molecular flexibility index (Phi) is 8.02. The smallest absolute Gasteiger partial charge is 0.0304 e. The quantitative estimate of drug-likeness (QED) is 0.611. The summed E-state index contributed by atoms with van der Waals surface area (Å²) in [5.74, 6) is 0. The van der Waals surface area contributed by atoms with Crippen LogP contribution in [0.1, 0.15) is 39.5 Å². The Balaban J connectivity index is 4.08. The first-order chi connectivity index (χ1) is 7.10. The molecule has 0 saturated heterocycles. The Morgan fingerprint density at radius 3 is 2.00 bits per heavy atom. The van der Waals surface area contributed by atoms with Crippen molar-refractivity contribution in [2.45, 2.75) is 45.1 Å². The number of rotatable bonds is 9. The fourth-order valence-corrected chi connectivity index (χ4v) is 2.08. The van der Waals surface area contributed by atoms with E-state index in [9.17, 15) is 0 Å². The Morgan fingerprint density at radius 2 is 1.67 bits per heavy atom. The van der Waals surface area contributed by atoms with Crippen molar-refractivity contribution in [2.24, 2.45) is 5.73 Å². The molecule has 0 amide bonds. The third-order valence-corrected chi connectivity index (χ3v) is 2.91. The van der Waals surface area contributed by atoms with Crippen molar-refractivity contribution in [2.75, 3.05) is 33.7 Å². The molecule has 0 aromatic heterocycles. The molecule has 3 nitrogen and oxygen atoms in total. The van der Waals surface area contributed by atoms with Gasteiger partial charge in [-0.25, -0.2) is 0 Å². The second-order valence-corrected chi connectivity index (χ2v) is 4.71. The average molecular weight is 215 g/mol. The van der Waals surface area contributed by atoms with Crippen LogP contribution in [-0.4, -0.2) is 44.2 Å². The van der Waals surface area contributed by atoms with Gasteiger partial charge in [-0.15, -0.1) is 0 Å². The van der Waals surface area contributed by atoms with E-state index < -0.39 is 0 Å². The molecule has 92 valence electrons. The summed E-state index contributed by atoms with van der Waals surface area (Å²) in [5, 5.41) is 3.65. The van der Waals surface area contributed by atoms with E-state index in [1.165, 1.54) is 25.7 Å². The fraction of sp³-hybridized carbons (Fsp3) is 1.00. The van der Waals surface area contributed by atoms with Gasteiger partial charge < -0.3 is 16.0 Å². The highest BCUT2D eigenvalue weighted by Crippen LogP contribution is 2.18. The molecular weight excluding hydrogens is 186 g/mol. The van der Waals surface area contributed by atoms with Crippen molar-refractivity contribution in [1.29, 1.82) is 0 Å². The highest BCUT2D eigenvalue weighted by atomic mass is 15.1. The minimum Gasteiger partial charge on any atom is -0.329 e. The predicted molar refractivity (Wildman–Crippen MR) is 68.2 cm³/mol. The number of hydrogen-bond acceptors (Lipinski definition) is 3. The van der Waals surface area contributed by atoms with E-state index in [0.29, 0.717) is 0 Å². The summed E-state index contributed by atoms with van der Waals surface area (Å²) in [6, 6.07) is 0. The van der Waals surface area contributed by atoms with Gasteiger partial charge in [0.05, 0.1) is 0 Å². The van der Waals surface area contributed by atoms with Crippen LogP contribution in [-0.2, 0) is 0 Å². The van der Waals surface area contributed by atoms with E-state index in [4.69, 9.17) is 5.73 Å². The fourth-order valence-electron chi connectivity index (χ4n) is 2.08. The van der Waals surface area contributed by atoms with E-state index >= 15 is 0 Å². The minimum absolute atomic E-state index is 0.180. The molecule has 0 atom stereocenters. The molecule has 0 aliphatic carbocycles. The summed E-state index contributed by atoms with van der Waals surface area (Å²) >= 11 is 0. The highest BCUT2D eigenvalue weighted by molar-refractivity contribution is 4.88. The number of nitrogens with one attached hydrogen (secondary N) is 1. The molecule has 3 N–H and O–H groups in total. The number of nitrogens with two attached hydrogens (primary N) is 1. The van der Waals surface area contributed by atoms with E-state index in [0.717, 1.165) is 19.6 Å². The third-order valence-electron chi connectivity index (χ3n) is 2.91. The van der Waals surface area contributed by atoms with Gasteiger partial charge in [0.2, 0.25) is 0 Å². The summed E-state index contributed by atoms with van der Waals surface area (Å²) in [6.45, 7) is 7.32.